The zero-order valence-corrected chi connectivity index (χ0v) is 14.6. The number of hydrogen-bond donors (Lipinski definition) is 1. The first-order valence-electron chi connectivity index (χ1n) is 6.57. The van der Waals surface area contributed by atoms with Gasteiger partial charge < -0.3 is 5.32 Å². The first-order chi connectivity index (χ1) is 9.61. The van der Waals surface area contributed by atoms with E-state index in [1.807, 2.05) is 18.2 Å². The van der Waals surface area contributed by atoms with Gasteiger partial charge in [0.05, 0.1) is 5.02 Å². The Bertz CT molecular complexity index is 588. The van der Waals surface area contributed by atoms with E-state index in [0.29, 0.717) is 6.04 Å². The molecule has 2 aromatic carbocycles. The smallest absolute Gasteiger partial charge is 0.0545 e. The second-order valence-electron chi connectivity index (χ2n) is 4.49. The zero-order valence-electron chi connectivity index (χ0n) is 11.5. The van der Waals surface area contributed by atoms with Crippen LogP contribution in [-0.2, 0) is 0 Å². The predicted octanol–water partition coefficient (Wildman–Crippen LogP) is 5.92. The molecular weight excluding hydrogens is 354 g/mol. The Morgan fingerprint density at radius 1 is 1.20 bits per heavy atom. The lowest BCUT2D eigenvalue weighted by atomic mass is 10.1. The van der Waals surface area contributed by atoms with Crippen LogP contribution in [0.3, 0.4) is 0 Å². The van der Waals surface area contributed by atoms with Crippen molar-refractivity contribution >= 4 is 39.3 Å². The lowest BCUT2D eigenvalue weighted by Crippen LogP contribution is -2.18. The van der Waals surface area contributed by atoms with Gasteiger partial charge in [-0.05, 0) is 43.3 Å². The molecule has 20 heavy (non-hydrogen) atoms. The quantitative estimate of drug-likeness (QED) is 0.700. The summed E-state index contributed by atoms with van der Waals surface area (Å²) in [7, 11) is 0. The molecule has 0 spiro atoms. The van der Waals surface area contributed by atoms with Crippen molar-refractivity contribution in [2.24, 2.45) is 0 Å². The molecule has 2 aromatic rings. The van der Waals surface area contributed by atoms with E-state index in [9.17, 15) is 0 Å². The van der Waals surface area contributed by atoms with E-state index in [4.69, 9.17) is 11.6 Å². The van der Waals surface area contributed by atoms with Gasteiger partial charge in [0.2, 0.25) is 0 Å². The highest BCUT2D eigenvalue weighted by atomic mass is 79.9. The second kappa shape index (κ2) is 7.51. The standard InChI is InChI=1S/C16H17BrClNS/c1-3-19-11(2)13-9-8-12(17)10-16(13)20-15-7-5-4-6-14(15)18/h4-11,19H,3H2,1-2H3. The molecule has 1 N–H and O–H groups in total. The summed E-state index contributed by atoms with van der Waals surface area (Å²) in [6, 6.07) is 14.7. The van der Waals surface area contributed by atoms with Crippen molar-refractivity contribution in [3.05, 3.63) is 57.5 Å². The van der Waals surface area contributed by atoms with Crippen LogP contribution in [-0.4, -0.2) is 6.54 Å². The lowest BCUT2D eigenvalue weighted by molar-refractivity contribution is 0.589. The molecule has 0 amide bonds. The Balaban J connectivity index is 2.35. The van der Waals surface area contributed by atoms with E-state index >= 15 is 0 Å². The highest BCUT2D eigenvalue weighted by molar-refractivity contribution is 9.10. The average molecular weight is 371 g/mol. The van der Waals surface area contributed by atoms with E-state index in [1.54, 1.807) is 11.8 Å². The van der Waals surface area contributed by atoms with Gasteiger partial charge >= 0.3 is 0 Å². The molecule has 106 valence electrons. The van der Waals surface area contributed by atoms with E-state index in [2.05, 4.69) is 59.4 Å². The van der Waals surface area contributed by atoms with Crippen molar-refractivity contribution in [1.29, 1.82) is 0 Å². The third-order valence-electron chi connectivity index (χ3n) is 3.01. The maximum Gasteiger partial charge on any atom is 0.0545 e. The summed E-state index contributed by atoms with van der Waals surface area (Å²) in [6.45, 7) is 5.26. The Kier molecular flexibility index (Phi) is 5.97. The minimum absolute atomic E-state index is 0.318. The SMILES string of the molecule is CCNC(C)c1ccc(Br)cc1Sc1ccccc1Cl. The minimum atomic E-state index is 0.318. The summed E-state index contributed by atoms with van der Waals surface area (Å²) in [5.41, 5.74) is 1.29. The topological polar surface area (TPSA) is 12.0 Å². The van der Waals surface area contributed by atoms with Crippen LogP contribution >= 0.6 is 39.3 Å². The van der Waals surface area contributed by atoms with Crippen LogP contribution in [0.15, 0.2) is 56.7 Å². The van der Waals surface area contributed by atoms with Gasteiger partial charge in [-0.25, -0.2) is 0 Å². The monoisotopic (exact) mass is 369 g/mol. The Morgan fingerprint density at radius 3 is 2.65 bits per heavy atom. The van der Waals surface area contributed by atoms with Crippen molar-refractivity contribution in [1.82, 2.24) is 5.32 Å². The summed E-state index contributed by atoms with van der Waals surface area (Å²) < 4.78 is 1.08. The molecule has 1 nitrogen and oxygen atoms in total. The maximum atomic E-state index is 6.26. The van der Waals surface area contributed by atoms with Gasteiger partial charge in [0, 0.05) is 20.3 Å². The van der Waals surface area contributed by atoms with E-state index in [1.165, 1.54) is 10.5 Å². The third-order valence-corrected chi connectivity index (χ3v) is 5.09. The van der Waals surface area contributed by atoms with Gasteiger partial charge in [-0.15, -0.1) is 0 Å². The van der Waals surface area contributed by atoms with Crippen LogP contribution < -0.4 is 5.32 Å². The molecule has 0 aliphatic rings. The molecule has 0 aromatic heterocycles. The van der Waals surface area contributed by atoms with Gasteiger partial charge in [0.25, 0.3) is 0 Å². The normalized spacial score (nSPS) is 12.4. The third kappa shape index (κ3) is 4.01. The molecular formula is C16H17BrClNS. The number of benzene rings is 2. The van der Waals surface area contributed by atoms with Crippen LogP contribution in [0.2, 0.25) is 5.02 Å². The number of nitrogens with one attached hydrogen (secondary N) is 1. The van der Waals surface area contributed by atoms with Crippen molar-refractivity contribution in [3.8, 4) is 0 Å². The summed E-state index contributed by atoms with van der Waals surface area (Å²) in [5.74, 6) is 0. The minimum Gasteiger partial charge on any atom is -0.310 e. The molecule has 0 aliphatic heterocycles. The fourth-order valence-corrected chi connectivity index (χ4v) is 3.88. The molecule has 0 radical (unpaired) electrons. The maximum absolute atomic E-state index is 6.26. The Hall–Kier alpha value is -0.480. The Morgan fingerprint density at radius 2 is 1.95 bits per heavy atom. The van der Waals surface area contributed by atoms with Crippen LogP contribution in [0.25, 0.3) is 0 Å². The van der Waals surface area contributed by atoms with Gasteiger partial charge in [-0.2, -0.15) is 0 Å². The van der Waals surface area contributed by atoms with Crippen molar-refractivity contribution < 1.29 is 0 Å². The van der Waals surface area contributed by atoms with Gasteiger partial charge in [-0.3, -0.25) is 0 Å². The number of halogens is 2. The van der Waals surface area contributed by atoms with Crippen LogP contribution in [0.1, 0.15) is 25.5 Å². The fraction of sp³-hybridized carbons (Fsp3) is 0.250. The van der Waals surface area contributed by atoms with Gasteiger partial charge in [0.15, 0.2) is 0 Å². The van der Waals surface area contributed by atoms with Crippen molar-refractivity contribution in [2.45, 2.75) is 29.7 Å². The first-order valence-corrected chi connectivity index (χ1v) is 8.55. The molecule has 0 fully saturated rings. The van der Waals surface area contributed by atoms with E-state index in [0.717, 1.165) is 20.9 Å². The van der Waals surface area contributed by atoms with Gasteiger partial charge in [0.1, 0.15) is 0 Å². The highest BCUT2D eigenvalue weighted by Gasteiger charge is 2.12. The molecule has 0 saturated carbocycles. The Labute approximate surface area is 138 Å². The van der Waals surface area contributed by atoms with E-state index in [-0.39, 0.29) is 0 Å². The zero-order chi connectivity index (χ0) is 14.5. The van der Waals surface area contributed by atoms with Crippen molar-refractivity contribution in [3.63, 3.8) is 0 Å². The van der Waals surface area contributed by atoms with Crippen LogP contribution in [0.5, 0.6) is 0 Å². The summed E-state index contributed by atoms with van der Waals surface area (Å²) >= 11 is 11.5. The number of rotatable bonds is 5. The van der Waals surface area contributed by atoms with E-state index < -0.39 is 0 Å². The number of hydrogen-bond acceptors (Lipinski definition) is 2. The average Bonchev–Trinajstić information content (AvgIpc) is 2.42. The van der Waals surface area contributed by atoms with Crippen LogP contribution in [0.4, 0.5) is 0 Å². The summed E-state index contributed by atoms with van der Waals surface area (Å²) in [5, 5.41) is 4.25. The largest absolute Gasteiger partial charge is 0.310 e. The molecule has 4 heteroatoms. The van der Waals surface area contributed by atoms with Gasteiger partial charge in [-0.1, -0.05) is 64.4 Å². The summed E-state index contributed by atoms with van der Waals surface area (Å²) in [6.07, 6.45) is 0. The molecule has 0 bridgehead atoms. The van der Waals surface area contributed by atoms with Crippen molar-refractivity contribution in [2.75, 3.05) is 6.54 Å². The highest BCUT2D eigenvalue weighted by Crippen LogP contribution is 2.38. The summed E-state index contributed by atoms with van der Waals surface area (Å²) in [4.78, 5) is 2.30. The molecule has 0 heterocycles. The fourth-order valence-electron chi connectivity index (χ4n) is 2.02. The molecule has 2 rings (SSSR count). The van der Waals surface area contributed by atoms with Crippen LogP contribution in [0, 0.1) is 0 Å². The molecule has 1 unspecified atom stereocenters. The first kappa shape index (κ1) is 15.9. The molecule has 1 atom stereocenters. The molecule has 0 aliphatic carbocycles. The lowest BCUT2D eigenvalue weighted by Gasteiger charge is -2.17. The predicted molar refractivity (Wildman–Crippen MR) is 91.8 cm³/mol. The second-order valence-corrected chi connectivity index (χ2v) is 6.90. The molecule has 0 saturated heterocycles.